The molecule has 2 amide bonds. The van der Waals surface area contributed by atoms with Crippen LogP contribution in [0.3, 0.4) is 0 Å². The first-order valence-electron chi connectivity index (χ1n) is 8.88. The number of carbonyl (C=O) groups excluding carboxylic acids is 2. The van der Waals surface area contributed by atoms with E-state index >= 15 is 0 Å². The summed E-state index contributed by atoms with van der Waals surface area (Å²) in [6, 6.07) is 12.2. The summed E-state index contributed by atoms with van der Waals surface area (Å²) in [5.41, 5.74) is 0.948. The maximum atomic E-state index is 12.9. The van der Waals surface area contributed by atoms with Gasteiger partial charge in [-0.25, -0.2) is 0 Å². The van der Waals surface area contributed by atoms with Crippen LogP contribution >= 0.6 is 27.5 Å². The third kappa shape index (κ3) is 5.25. The van der Waals surface area contributed by atoms with Crippen LogP contribution in [-0.2, 0) is 4.79 Å². The zero-order valence-corrected chi connectivity index (χ0v) is 17.8. The molecule has 0 radical (unpaired) electrons. The van der Waals surface area contributed by atoms with Gasteiger partial charge in [0.2, 0.25) is 0 Å². The number of piperazine rings is 1. The van der Waals surface area contributed by atoms with Crippen molar-refractivity contribution in [3.8, 4) is 5.75 Å². The molecule has 1 N–H and O–H groups in total. The summed E-state index contributed by atoms with van der Waals surface area (Å²) in [4.78, 5) is 29.2. The van der Waals surface area contributed by atoms with Crippen molar-refractivity contribution < 1.29 is 14.3 Å². The Morgan fingerprint density at radius 2 is 1.86 bits per heavy atom. The fourth-order valence-corrected chi connectivity index (χ4v) is 3.61. The first-order chi connectivity index (χ1) is 13.4. The van der Waals surface area contributed by atoms with E-state index in [0.29, 0.717) is 35.1 Å². The molecule has 0 aromatic heterocycles. The van der Waals surface area contributed by atoms with Gasteiger partial charge >= 0.3 is 0 Å². The predicted octanol–water partition coefficient (Wildman–Crippen LogP) is 3.51. The molecule has 0 saturated carbocycles. The number of benzene rings is 2. The number of anilines is 1. The molecule has 1 saturated heterocycles. The van der Waals surface area contributed by atoms with Crippen LogP contribution in [0.4, 0.5) is 5.69 Å². The van der Waals surface area contributed by atoms with Gasteiger partial charge in [0.15, 0.2) is 6.61 Å². The zero-order chi connectivity index (χ0) is 20.1. The fourth-order valence-electron chi connectivity index (χ4n) is 2.88. The first-order valence-corrected chi connectivity index (χ1v) is 10.1. The standard InChI is InChI=1S/C20H21BrClN3O3/c1-24-8-10-25(11-9-24)20(27)15-4-2-3-5-17(15)23-19(26)13-28-18-7-6-14(21)12-16(18)22/h2-7,12H,8-11,13H2,1H3,(H,23,26). The molecule has 1 fully saturated rings. The van der Waals surface area contributed by atoms with E-state index < -0.39 is 0 Å². The summed E-state index contributed by atoms with van der Waals surface area (Å²) in [5.74, 6) is -0.0275. The summed E-state index contributed by atoms with van der Waals surface area (Å²) in [7, 11) is 2.04. The van der Waals surface area contributed by atoms with Gasteiger partial charge in [-0.05, 0) is 37.4 Å². The number of carbonyl (C=O) groups is 2. The molecule has 28 heavy (non-hydrogen) atoms. The molecular formula is C20H21BrClN3O3. The van der Waals surface area contributed by atoms with E-state index in [-0.39, 0.29) is 18.4 Å². The van der Waals surface area contributed by atoms with Crippen LogP contribution in [0, 0.1) is 0 Å². The van der Waals surface area contributed by atoms with E-state index in [9.17, 15) is 9.59 Å². The average molecular weight is 467 g/mol. The van der Waals surface area contributed by atoms with Gasteiger partial charge in [-0.3, -0.25) is 9.59 Å². The Labute approximate surface area is 177 Å². The van der Waals surface area contributed by atoms with Gasteiger partial charge in [-0.15, -0.1) is 0 Å². The molecule has 0 bridgehead atoms. The lowest BCUT2D eigenvalue weighted by molar-refractivity contribution is -0.118. The van der Waals surface area contributed by atoms with Crippen LogP contribution in [0.15, 0.2) is 46.9 Å². The van der Waals surface area contributed by atoms with Crippen LogP contribution < -0.4 is 10.1 Å². The lowest BCUT2D eigenvalue weighted by Gasteiger charge is -2.32. The maximum Gasteiger partial charge on any atom is 0.262 e. The highest BCUT2D eigenvalue weighted by Gasteiger charge is 2.22. The van der Waals surface area contributed by atoms with Crippen LogP contribution in [0.1, 0.15) is 10.4 Å². The third-order valence-corrected chi connectivity index (χ3v) is 5.26. The first kappa shape index (κ1) is 20.6. The zero-order valence-electron chi connectivity index (χ0n) is 15.5. The minimum atomic E-state index is -0.363. The van der Waals surface area contributed by atoms with Crippen molar-refractivity contribution in [2.24, 2.45) is 0 Å². The smallest absolute Gasteiger partial charge is 0.262 e. The van der Waals surface area contributed by atoms with Crippen LogP contribution in [0.5, 0.6) is 5.75 Å². The van der Waals surface area contributed by atoms with Crippen molar-refractivity contribution in [3.63, 3.8) is 0 Å². The van der Waals surface area contributed by atoms with Gasteiger partial charge in [-0.1, -0.05) is 39.7 Å². The van der Waals surface area contributed by atoms with Gasteiger partial charge in [0.05, 0.1) is 16.3 Å². The number of rotatable bonds is 5. The number of hydrogen-bond acceptors (Lipinski definition) is 4. The maximum absolute atomic E-state index is 12.9. The molecule has 0 aliphatic carbocycles. The quantitative estimate of drug-likeness (QED) is 0.732. The largest absolute Gasteiger partial charge is 0.482 e. The number of hydrogen-bond donors (Lipinski definition) is 1. The minimum Gasteiger partial charge on any atom is -0.482 e. The average Bonchev–Trinajstić information content (AvgIpc) is 2.68. The van der Waals surface area contributed by atoms with Crippen molar-refractivity contribution in [2.45, 2.75) is 0 Å². The molecule has 148 valence electrons. The molecule has 0 atom stereocenters. The van der Waals surface area contributed by atoms with Crippen molar-refractivity contribution in [3.05, 3.63) is 57.5 Å². The molecule has 1 heterocycles. The number of nitrogens with one attached hydrogen (secondary N) is 1. The van der Waals surface area contributed by atoms with E-state index in [0.717, 1.165) is 17.6 Å². The van der Waals surface area contributed by atoms with Gasteiger partial charge in [0.1, 0.15) is 5.75 Å². The molecular weight excluding hydrogens is 446 g/mol. The second kappa shape index (κ2) is 9.41. The second-order valence-electron chi connectivity index (χ2n) is 6.55. The van der Waals surface area contributed by atoms with E-state index in [1.807, 2.05) is 11.9 Å². The van der Waals surface area contributed by atoms with Crippen molar-refractivity contribution in [2.75, 3.05) is 45.2 Å². The Morgan fingerprint density at radius 3 is 2.57 bits per heavy atom. The van der Waals surface area contributed by atoms with Gasteiger partial charge in [0.25, 0.3) is 11.8 Å². The van der Waals surface area contributed by atoms with Gasteiger partial charge in [-0.2, -0.15) is 0 Å². The summed E-state index contributed by atoms with van der Waals surface area (Å²) in [6.45, 7) is 2.80. The molecule has 1 aliphatic heterocycles. The monoisotopic (exact) mass is 465 g/mol. The molecule has 1 aliphatic rings. The third-order valence-electron chi connectivity index (χ3n) is 4.47. The Bertz CT molecular complexity index is 870. The number of ether oxygens (including phenoxy) is 1. The van der Waals surface area contributed by atoms with E-state index in [1.165, 1.54) is 0 Å². The highest BCUT2D eigenvalue weighted by Crippen LogP contribution is 2.27. The van der Waals surface area contributed by atoms with E-state index in [4.69, 9.17) is 16.3 Å². The molecule has 3 rings (SSSR count). The Hall–Kier alpha value is -2.09. The molecule has 2 aromatic carbocycles. The molecule has 6 nitrogen and oxygen atoms in total. The normalized spacial score (nSPS) is 14.6. The van der Waals surface area contributed by atoms with E-state index in [1.54, 1.807) is 42.5 Å². The summed E-state index contributed by atoms with van der Waals surface area (Å²) >= 11 is 9.42. The molecule has 8 heteroatoms. The SMILES string of the molecule is CN1CCN(C(=O)c2ccccc2NC(=O)COc2ccc(Br)cc2Cl)CC1. The van der Waals surface area contributed by atoms with Gasteiger partial charge < -0.3 is 19.9 Å². The predicted molar refractivity (Wildman–Crippen MR) is 113 cm³/mol. The van der Waals surface area contributed by atoms with E-state index in [2.05, 4.69) is 26.1 Å². The topological polar surface area (TPSA) is 61.9 Å². The molecule has 0 spiro atoms. The van der Waals surface area contributed by atoms with Gasteiger partial charge in [0, 0.05) is 30.7 Å². The number of amides is 2. The molecule has 2 aromatic rings. The fraction of sp³-hybridized carbons (Fsp3) is 0.300. The van der Waals surface area contributed by atoms with Crippen LogP contribution in [-0.4, -0.2) is 61.4 Å². The Balaban J connectivity index is 1.64. The molecule has 0 unspecified atom stereocenters. The van der Waals surface area contributed by atoms with Crippen molar-refractivity contribution in [1.29, 1.82) is 0 Å². The Morgan fingerprint density at radius 1 is 1.14 bits per heavy atom. The summed E-state index contributed by atoms with van der Waals surface area (Å²) in [5, 5.41) is 3.18. The Kier molecular flexibility index (Phi) is 6.93. The summed E-state index contributed by atoms with van der Waals surface area (Å²) in [6.07, 6.45) is 0. The van der Waals surface area contributed by atoms with Crippen LogP contribution in [0.2, 0.25) is 5.02 Å². The lowest BCUT2D eigenvalue weighted by atomic mass is 10.1. The second-order valence-corrected chi connectivity index (χ2v) is 7.88. The lowest BCUT2D eigenvalue weighted by Crippen LogP contribution is -2.47. The van der Waals surface area contributed by atoms with Crippen molar-refractivity contribution >= 4 is 45.0 Å². The summed E-state index contributed by atoms with van der Waals surface area (Å²) < 4.78 is 6.31. The van der Waals surface area contributed by atoms with Crippen molar-refractivity contribution in [1.82, 2.24) is 9.80 Å². The van der Waals surface area contributed by atoms with Crippen LogP contribution in [0.25, 0.3) is 0 Å². The highest BCUT2D eigenvalue weighted by atomic mass is 79.9. The number of para-hydroxylation sites is 1. The number of nitrogens with zero attached hydrogens (tertiary/aromatic N) is 2. The minimum absolute atomic E-state index is 0.0825. The number of likely N-dealkylation sites (N-methyl/N-ethyl adjacent to an activating group) is 1. The number of halogens is 2. The highest BCUT2D eigenvalue weighted by molar-refractivity contribution is 9.10.